The molecule has 0 aliphatic rings. The van der Waals surface area contributed by atoms with E-state index in [9.17, 15) is 19.2 Å². The number of carbonyl (C=O) groups excluding carboxylic acids is 4. The maximum Gasteiger partial charge on any atom is 0.410 e. The van der Waals surface area contributed by atoms with Crippen LogP contribution in [0.2, 0.25) is 0 Å². The smallest absolute Gasteiger partial charge is 0.410 e. The van der Waals surface area contributed by atoms with Crippen molar-refractivity contribution in [3.63, 3.8) is 0 Å². The third-order valence-electron chi connectivity index (χ3n) is 10.1. The molecule has 0 fully saturated rings. The van der Waals surface area contributed by atoms with Crippen molar-refractivity contribution in [2.24, 2.45) is 5.73 Å². The second kappa shape index (κ2) is 30.4. The van der Waals surface area contributed by atoms with Gasteiger partial charge in [0.05, 0.1) is 13.7 Å². The zero-order valence-electron chi connectivity index (χ0n) is 43.3. The summed E-state index contributed by atoms with van der Waals surface area (Å²) in [5, 5.41) is 0. The van der Waals surface area contributed by atoms with E-state index in [0.29, 0.717) is 58.9 Å². The lowest BCUT2D eigenvalue weighted by atomic mass is 10.1. The van der Waals surface area contributed by atoms with Crippen LogP contribution in [0.4, 0.5) is 19.2 Å². The average molecular weight is 920 g/mol. The first-order valence-electron chi connectivity index (χ1n) is 24.6. The minimum Gasteiger partial charge on any atom is -0.496 e. The fourth-order valence-corrected chi connectivity index (χ4v) is 6.98. The van der Waals surface area contributed by atoms with Crippen molar-refractivity contribution in [1.82, 2.24) is 19.6 Å². The lowest BCUT2D eigenvalue weighted by molar-refractivity contribution is 0.0217. The SMILES string of the molecule is COc1ccccc1CN(CCCCCCN(CCCCCCCCN(CCCCCCN(CCCN)C(=O)OC(C)(C)C)C(=O)OC(C)(C)C)C(=O)OC(C)(C)C)C(=O)OC(C)(C)C. The Labute approximate surface area is 394 Å². The molecule has 1 aromatic rings. The van der Waals surface area contributed by atoms with Crippen molar-refractivity contribution in [2.45, 2.75) is 208 Å². The summed E-state index contributed by atoms with van der Waals surface area (Å²) in [5.41, 5.74) is 4.34. The van der Waals surface area contributed by atoms with Crippen LogP contribution in [0.15, 0.2) is 24.3 Å². The molecule has 0 radical (unpaired) electrons. The van der Waals surface area contributed by atoms with E-state index in [0.717, 1.165) is 108 Å². The summed E-state index contributed by atoms with van der Waals surface area (Å²) in [6.07, 6.45) is 12.5. The Bertz CT molecular complexity index is 1500. The fraction of sp³-hybridized carbons (Fsp3) is 0.804. The van der Waals surface area contributed by atoms with E-state index in [-0.39, 0.29) is 24.4 Å². The number of rotatable bonds is 29. The number of amides is 4. The van der Waals surface area contributed by atoms with E-state index >= 15 is 0 Å². The molecule has 0 saturated carbocycles. The van der Waals surface area contributed by atoms with E-state index in [1.54, 1.807) is 16.9 Å². The monoisotopic (exact) mass is 920 g/mol. The third kappa shape index (κ3) is 30.1. The molecule has 0 bridgehead atoms. The van der Waals surface area contributed by atoms with Gasteiger partial charge in [0, 0.05) is 51.4 Å². The number of hydrogen-bond donors (Lipinski definition) is 1. The van der Waals surface area contributed by atoms with Gasteiger partial charge in [-0.2, -0.15) is 0 Å². The van der Waals surface area contributed by atoms with Crippen molar-refractivity contribution in [3.8, 4) is 5.75 Å². The lowest BCUT2D eigenvalue weighted by Gasteiger charge is -2.28. The number of methoxy groups -OCH3 is 1. The van der Waals surface area contributed by atoms with E-state index in [1.807, 2.05) is 117 Å². The molecule has 0 spiro atoms. The van der Waals surface area contributed by atoms with E-state index in [2.05, 4.69) is 0 Å². The zero-order chi connectivity index (χ0) is 49.1. The van der Waals surface area contributed by atoms with Crippen molar-refractivity contribution < 1.29 is 42.9 Å². The molecule has 1 rings (SSSR count). The van der Waals surface area contributed by atoms with Crippen molar-refractivity contribution in [1.29, 1.82) is 0 Å². The fourth-order valence-electron chi connectivity index (χ4n) is 6.98. The standard InChI is InChI=1S/C51H93N5O9/c1-48(2,3)62-44(57)53(36-26-18-19-28-38-55(40-30-33-52)46(59)64-50(7,8)9)34-24-16-14-15-17-25-35-54(45(58)63-49(4,5)6)37-27-20-21-29-39-56(47(60)65-51(10,11)12)41-42-31-22-23-32-43(42)61-13/h22-23,31-32H,14-21,24-30,33-41,52H2,1-13H3. The lowest BCUT2D eigenvalue weighted by Crippen LogP contribution is -2.38. The van der Waals surface area contributed by atoms with Crippen LogP contribution < -0.4 is 10.5 Å². The summed E-state index contributed by atoms with van der Waals surface area (Å²) in [5.74, 6) is 0.738. The molecule has 0 aliphatic heterocycles. The molecule has 2 N–H and O–H groups in total. The van der Waals surface area contributed by atoms with Crippen molar-refractivity contribution >= 4 is 24.4 Å². The number of nitrogens with two attached hydrogens (primary N) is 1. The zero-order valence-corrected chi connectivity index (χ0v) is 43.3. The van der Waals surface area contributed by atoms with Gasteiger partial charge in [-0.25, -0.2) is 19.2 Å². The molecule has 0 heterocycles. The van der Waals surface area contributed by atoms with Crippen LogP contribution in [0.3, 0.4) is 0 Å². The van der Waals surface area contributed by atoms with Gasteiger partial charge in [0.15, 0.2) is 0 Å². The number of ether oxygens (including phenoxy) is 5. The Kier molecular flexibility index (Phi) is 27.6. The maximum absolute atomic E-state index is 13.2. The number of carbonyl (C=O) groups is 4. The Morgan fingerprint density at radius 1 is 0.415 bits per heavy atom. The van der Waals surface area contributed by atoms with Gasteiger partial charge in [-0.15, -0.1) is 0 Å². The Morgan fingerprint density at radius 2 is 0.677 bits per heavy atom. The number of para-hydroxylation sites is 1. The molecule has 0 unspecified atom stereocenters. The predicted molar refractivity (Wildman–Crippen MR) is 261 cm³/mol. The number of benzene rings is 1. The van der Waals surface area contributed by atoms with Gasteiger partial charge in [0.25, 0.3) is 0 Å². The minimum atomic E-state index is -0.600. The second-order valence-electron chi connectivity index (χ2n) is 21.2. The molecular formula is C51H93N5O9. The predicted octanol–water partition coefficient (Wildman–Crippen LogP) is 12.0. The molecular weight excluding hydrogens is 827 g/mol. The van der Waals surface area contributed by atoms with Crippen molar-refractivity contribution in [3.05, 3.63) is 29.8 Å². The summed E-state index contributed by atoms with van der Waals surface area (Å²) in [6, 6.07) is 7.72. The van der Waals surface area contributed by atoms with Crippen LogP contribution in [0, 0.1) is 0 Å². The van der Waals surface area contributed by atoms with E-state index in [4.69, 9.17) is 29.4 Å². The van der Waals surface area contributed by atoms with Crippen molar-refractivity contribution in [2.75, 3.05) is 59.5 Å². The summed E-state index contributed by atoms with van der Waals surface area (Å²) >= 11 is 0. The summed E-state index contributed by atoms with van der Waals surface area (Å²) in [6.45, 7) is 27.8. The highest BCUT2D eigenvalue weighted by Crippen LogP contribution is 2.22. The van der Waals surface area contributed by atoms with E-state index in [1.165, 1.54) is 0 Å². The minimum absolute atomic E-state index is 0.274. The highest BCUT2D eigenvalue weighted by molar-refractivity contribution is 5.69. The summed E-state index contributed by atoms with van der Waals surface area (Å²) in [4.78, 5) is 59.4. The molecule has 65 heavy (non-hydrogen) atoms. The van der Waals surface area contributed by atoms with Gasteiger partial charge in [-0.1, -0.05) is 69.6 Å². The first-order chi connectivity index (χ1) is 30.3. The van der Waals surface area contributed by atoms with Gasteiger partial charge in [-0.3, -0.25) is 0 Å². The highest BCUT2D eigenvalue weighted by Gasteiger charge is 2.26. The molecule has 14 nitrogen and oxygen atoms in total. The quantitative estimate of drug-likeness (QED) is 0.0607. The second-order valence-corrected chi connectivity index (χ2v) is 21.2. The largest absolute Gasteiger partial charge is 0.496 e. The molecule has 0 aromatic heterocycles. The third-order valence-corrected chi connectivity index (χ3v) is 10.1. The molecule has 0 atom stereocenters. The van der Waals surface area contributed by atoms with Crippen LogP contribution in [0.5, 0.6) is 5.75 Å². The first kappa shape index (κ1) is 59.1. The van der Waals surface area contributed by atoms with Gasteiger partial charge in [0.2, 0.25) is 0 Å². The van der Waals surface area contributed by atoms with Crippen LogP contribution in [-0.4, -0.2) is 126 Å². The van der Waals surface area contributed by atoms with Crippen LogP contribution in [-0.2, 0) is 25.5 Å². The number of hydrogen-bond acceptors (Lipinski definition) is 10. The first-order valence-corrected chi connectivity index (χ1v) is 24.6. The molecule has 1 aromatic carbocycles. The Balaban J connectivity index is 2.59. The van der Waals surface area contributed by atoms with Crippen LogP contribution >= 0.6 is 0 Å². The Morgan fingerprint density at radius 3 is 0.969 bits per heavy atom. The van der Waals surface area contributed by atoms with Gasteiger partial charge in [0.1, 0.15) is 28.2 Å². The molecule has 0 aliphatic carbocycles. The average Bonchev–Trinajstić information content (AvgIpc) is 3.17. The molecule has 0 saturated heterocycles. The normalized spacial score (nSPS) is 12.0. The summed E-state index contributed by atoms with van der Waals surface area (Å²) in [7, 11) is 1.63. The van der Waals surface area contributed by atoms with E-state index < -0.39 is 22.4 Å². The number of nitrogens with zero attached hydrogens (tertiary/aromatic N) is 4. The van der Waals surface area contributed by atoms with Gasteiger partial charge in [-0.05, 0) is 141 Å². The Hall–Kier alpha value is -3.94. The highest BCUT2D eigenvalue weighted by atomic mass is 16.6. The number of unbranched alkanes of at least 4 members (excludes halogenated alkanes) is 11. The molecule has 376 valence electrons. The maximum atomic E-state index is 13.2. The van der Waals surface area contributed by atoms with Crippen LogP contribution in [0.1, 0.15) is 185 Å². The van der Waals surface area contributed by atoms with Gasteiger partial charge < -0.3 is 49.0 Å². The van der Waals surface area contributed by atoms with Crippen LogP contribution in [0.25, 0.3) is 0 Å². The van der Waals surface area contributed by atoms with Gasteiger partial charge >= 0.3 is 24.4 Å². The molecule has 4 amide bonds. The topological polar surface area (TPSA) is 153 Å². The summed E-state index contributed by atoms with van der Waals surface area (Å²) < 4.78 is 28.4. The molecule has 14 heteroatoms.